The lowest BCUT2D eigenvalue weighted by atomic mass is 10.0. The van der Waals surface area contributed by atoms with Crippen LogP contribution in [0.15, 0.2) is 10.6 Å². The number of ether oxygens (including phenoxy) is 4. The van der Waals surface area contributed by atoms with Crippen LogP contribution in [0.4, 0.5) is 20.7 Å². The summed E-state index contributed by atoms with van der Waals surface area (Å²) in [6, 6.07) is 3.56. The van der Waals surface area contributed by atoms with Crippen LogP contribution < -0.4 is 9.80 Å². The molecule has 31 heavy (non-hydrogen) atoms. The van der Waals surface area contributed by atoms with Gasteiger partial charge in [-0.25, -0.2) is 9.18 Å². The van der Waals surface area contributed by atoms with Crippen LogP contribution >= 0.6 is 0 Å². The van der Waals surface area contributed by atoms with Crippen molar-refractivity contribution in [3.63, 3.8) is 0 Å². The van der Waals surface area contributed by atoms with Crippen molar-refractivity contribution in [1.29, 1.82) is 5.26 Å². The van der Waals surface area contributed by atoms with E-state index in [0.717, 1.165) is 4.90 Å². The number of morpholine rings is 1. The van der Waals surface area contributed by atoms with Gasteiger partial charge in [-0.1, -0.05) is 5.16 Å². The third kappa shape index (κ3) is 3.37. The number of cyclic esters (lactones) is 1. The Balaban J connectivity index is 1.64. The second-order valence-electron chi connectivity index (χ2n) is 7.86. The summed E-state index contributed by atoms with van der Waals surface area (Å²) < 4.78 is 43.3. The van der Waals surface area contributed by atoms with Crippen LogP contribution in [0.2, 0.25) is 0 Å². The van der Waals surface area contributed by atoms with Crippen molar-refractivity contribution < 1.29 is 32.7 Å². The van der Waals surface area contributed by atoms with Gasteiger partial charge in [0.25, 0.3) is 0 Å². The molecule has 0 aliphatic carbocycles. The van der Waals surface area contributed by atoms with Crippen molar-refractivity contribution in [1.82, 2.24) is 5.16 Å². The number of benzene rings is 1. The van der Waals surface area contributed by atoms with E-state index in [1.165, 1.54) is 0 Å². The van der Waals surface area contributed by atoms with Crippen molar-refractivity contribution in [3.8, 4) is 6.07 Å². The first-order valence-corrected chi connectivity index (χ1v) is 10.1. The fraction of sp³-hybridized carbons (Fsp3) is 0.550. The Bertz CT molecular complexity index is 1050. The minimum Gasteiger partial charge on any atom is -0.428 e. The van der Waals surface area contributed by atoms with Gasteiger partial charge < -0.3 is 28.4 Å². The van der Waals surface area contributed by atoms with Gasteiger partial charge >= 0.3 is 6.09 Å². The van der Waals surface area contributed by atoms with Gasteiger partial charge in [0.2, 0.25) is 11.7 Å². The summed E-state index contributed by atoms with van der Waals surface area (Å²) in [6.07, 6.45) is -2.62. The Labute approximate surface area is 176 Å². The zero-order valence-corrected chi connectivity index (χ0v) is 17.0. The van der Waals surface area contributed by atoms with Crippen molar-refractivity contribution in [2.75, 3.05) is 42.6 Å². The molecule has 2 aromatic rings. The summed E-state index contributed by atoms with van der Waals surface area (Å²) in [5.74, 6) is -0.526. The lowest BCUT2D eigenvalue weighted by Crippen LogP contribution is -2.46. The van der Waals surface area contributed by atoms with E-state index in [9.17, 15) is 4.79 Å². The molecule has 0 bridgehead atoms. The van der Waals surface area contributed by atoms with Gasteiger partial charge in [-0.15, -0.1) is 0 Å². The summed E-state index contributed by atoms with van der Waals surface area (Å²) >= 11 is 0. The lowest BCUT2D eigenvalue weighted by molar-refractivity contribution is -0.0445. The average Bonchev–Trinajstić information content (AvgIpc) is 3.46. The number of halogens is 1. The number of nitriles is 1. The molecule has 5 rings (SSSR count). The van der Waals surface area contributed by atoms with Gasteiger partial charge in [-0.2, -0.15) is 5.26 Å². The number of carbonyl (C=O) groups is 1. The highest BCUT2D eigenvalue weighted by Crippen LogP contribution is 2.42. The summed E-state index contributed by atoms with van der Waals surface area (Å²) in [7, 11) is 0. The number of hydrogen-bond acceptors (Lipinski definition) is 9. The molecule has 3 fully saturated rings. The van der Waals surface area contributed by atoms with Crippen LogP contribution in [0.1, 0.15) is 25.7 Å². The first-order valence-electron chi connectivity index (χ1n) is 10.1. The number of rotatable bonds is 3. The van der Waals surface area contributed by atoms with Gasteiger partial charge in [-0.3, -0.25) is 4.90 Å². The van der Waals surface area contributed by atoms with Crippen LogP contribution in [0.5, 0.6) is 0 Å². The van der Waals surface area contributed by atoms with E-state index in [2.05, 4.69) is 5.16 Å². The molecular weight excluding hydrogens is 411 g/mol. The van der Waals surface area contributed by atoms with Crippen LogP contribution in [-0.2, 0) is 18.9 Å². The van der Waals surface area contributed by atoms with E-state index >= 15 is 4.39 Å². The molecule has 3 saturated heterocycles. The maximum Gasteiger partial charge on any atom is 0.417 e. The lowest BCUT2D eigenvalue weighted by Gasteiger charge is -2.38. The van der Waals surface area contributed by atoms with Crippen LogP contribution in [0.25, 0.3) is 11.0 Å². The highest BCUT2D eigenvalue weighted by Gasteiger charge is 2.38. The minimum atomic E-state index is -0.930. The smallest absolute Gasteiger partial charge is 0.417 e. The first-order chi connectivity index (χ1) is 15.0. The SMILES string of the molecule is CC1CN(c2c(C3OCCO3)cc3c(N4CC(C#N)OC4=O)noc3c2F)C[C@@H](C)O1. The van der Waals surface area contributed by atoms with Gasteiger partial charge in [0.15, 0.2) is 17.9 Å². The van der Waals surface area contributed by atoms with Gasteiger partial charge in [-0.05, 0) is 19.9 Å². The van der Waals surface area contributed by atoms with E-state index in [0.29, 0.717) is 37.6 Å². The molecule has 0 spiro atoms. The molecule has 4 heterocycles. The number of fused-ring (bicyclic) bond motifs is 1. The molecule has 3 aliphatic rings. The zero-order valence-electron chi connectivity index (χ0n) is 17.0. The number of amides is 1. The zero-order chi connectivity index (χ0) is 21.7. The molecule has 3 atom stereocenters. The Kier molecular flexibility index (Phi) is 4.92. The highest BCUT2D eigenvalue weighted by molar-refractivity contribution is 6.00. The molecule has 1 aromatic heterocycles. The van der Waals surface area contributed by atoms with Crippen molar-refractivity contribution >= 4 is 28.6 Å². The molecule has 2 unspecified atom stereocenters. The van der Waals surface area contributed by atoms with Gasteiger partial charge in [0.1, 0.15) is 6.07 Å². The standard InChI is InChI=1S/C20H21FN4O6/c1-10-7-24(8-11(2)29-10)16-13(19-27-3-4-28-19)5-14-17(15(16)21)31-23-18(14)25-9-12(6-22)30-20(25)26/h5,10-12,19H,3-4,7-9H2,1-2H3/t10-,11?,12?/m1/s1. The summed E-state index contributed by atoms with van der Waals surface area (Å²) in [4.78, 5) is 15.3. The fourth-order valence-corrected chi connectivity index (χ4v) is 4.33. The number of carbonyl (C=O) groups excluding carboxylic acids is 1. The van der Waals surface area contributed by atoms with Crippen LogP contribution in [0, 0.1) is 17.1 Å². The van der Waals surface area contributed by atoms with Crippen molar-refractivity contribution in [3.05, 3.63) is 17.4 Å². The molecule has 164 valence electrons. The highest BCUT2D eigenvalue weighted by atomic mass is 19.1. The molecule has 0 saturated carbocycles. The van der Waals surface area contributed by atoms with Crippen molar-refractivity contribution in [2.24, 2.45) is 0 Å². The first kappa shape index (κ1) is 20.0. The predicted octanol–water partition coefficient (Wildman–Crippen LogP) is 2.47. The maximum absolute atomic E-state index is 15.8. The van der Waals surface area contributed by atoms with E-state index in [1.807, 2.05) is 24.8 Å². The van der Waals surface area contributed by atoms with Crippen molar-refractivity contribution in [2.45, 2.75) is 38.4 Å². The fourth-order valence-electron chi connectivity index (χ4n) is 4.33. The Hall–Kier alpha value is -2.94. The van der Waals surface area contributed by atoms with E-state index in [-0.39, 0.29) is 35.5 Å². The average molecular weight is 432 g/mol. The van der Waals surface area contributed by atoms with E-state index in [1.54, 1.807) is 6.07 Å². The summed E-state index contributed by atoms with van der Waals surface area (Å²) in [5.41, 5.74) is 0.701. The summed E-state index contributed by atoms with van der Waals surface area (Å²) in [6.45, 7) is 5.57. The topological polar surface area (TPSA) is 110 Å². The van der Waals surface area contributed by atoms with Gasteiger partial charge in [0.05, 0.1) is 43.0 Å². The number of aromatic nitrogens is 1. The number of hydrogen-bond donors (Lipinski definition) is 0. The third-order valence-corrected chi connectivity index (χ3v) is 5.51. The minimum absolute atomic E-state index is 0.0232. The number of nitrogens with zero attached hydrogens (tertiary/aromatic N) is 4. The Morgan fingerprint density at radius 1 is 1.19 bits per heavy atom. The maximum atomic E-state index is 15.8. The molecule has 1 amide bonds. The van der Waals surface area contributed by atoms with Gasteiger partial charge in [0, 0.05) is 18.7 Å². The monoisotopic (exact) mass is 432 g/mol. The molecule has 10 nitrogen and oxygen atoms in total. The normalized spacial score (nSPS) is 27.2. The van der Waals surface area contributed by atoms with E-state index < -0.39 is 24.3 Å². The molecule has 1 aromatic carbocycles. The van der Waals surface area contributed by atoms with E-state index in [4.69, 9.17) is 28.7 Å². The predicted molar refractivity (Wildman–Crippen MR) is 104 cm³/mol. The molecule has 0 radical (unpaired) electrons. The molecule has 11 heteroatoms. The quantitative estimate of drug-likeness (QED) is 0.722. The van der Waals surface area contributed by atoms with Crippen LogP contribution in [-0.4, -0.2) is 62.4 Å². The number of anilines is 2. The Morgan fingerprint density at radius 3 is 2.55 bits per heavy atom. The molecule has 3 aliphatic heterocycles. The summed E-state index contributed by atoms with van der Waals surface area (Å²) in [5, 5.41) is 13.3. The molecular formula is C20H21FN4O6. The third-order valence-electron chi connectivity index (χ3n) is 5.51. The van der Waals surface area contributed by atoms with Crippen LogP contribution in [0.3, 0.4) is 0 Å². The largest absolute Gasteiger partial charge is 0.428 e. The molecule has 0 N–H and O–H groups in total. The second kappa shape index (κ2) is 7.64. The Morgan fingerprint density at radius 2 is 1.90 bits per heavy atom. The second-order valence-corrected chi connectivity index (χ2v) is 7.86.